The van der Waals surface area contributed by atoms with Gasteiger partial charge in [-0.2, -0.15) is 0 Å². The lowest BCUT2D eigenvalue weighted by Crippen LogP contribution is -2.36. The van der Waals surface area contributed by atoms with Crippen molar-refractivity contribution in [2.75, 3.05) is 41.5 Å². The Morgan fingerprint density at radius 3 is 2.38 bits per heavy atom. The summed E-state index contributed by atoms with van der Waals surface area (Å²) in [5.41, 5.74) is 1.14. The highest BCUT2D eigenvalue weighted by atomic mass is 16.5. The van der Waals surface area contributed by atoms with E-state index in [2.05, 4.69) is 10.2 Å². The molecule has 21 heavy (non-hydrogen) atoms. The molecule has 1 saturated heterocycles. The Morgan fingerprint density at radius 1 is 1.10 bits per heavy atom. The van der Waals surface area contributed by atoms with Gasteiger partial charge in [0.1, 0.15) is 5.75 Å². The molecule has 0 amide bonds. The highest BCUT2D eigenvalue weighted by Crippen LogP contribution is 2.36. The quantitative estimate of drug-likeness (QED) is 0.832. The summed E-state index contributed by atoms with van der Waals surface area (Å²) < 4.78 is 16.3. The molecule has 1 fully saturated rings. The number of nitrogens with zero attached hydrogens (tertiary/aromatic N) is 1. The zero-order valence-electron chi connectivity index (χ0n) is 13.4. The molecule has 1 aromatic rings. The van der Waals surface area contributed by atoms with Gasteiger partial charge in [-0.1, -0.05) is 0 Å². The van der Waals surface area contributed by atoms with E-state index in [1.165, 1.54) is 12.8 Å². The van der Waals surface area contributed by atoms with Gasteiger partial charge in [-0.3, -0.25) is 4.90 Å². The van der Waals surface area contributed by atoms with E-state index in [0.717, 1.165) is 36.7 Å². The summed E-state index contributed by atoms with van der Waals surface area (Å²) in [7, 11) is 7.00. The monoisotopic (exact) mass is 294 g/mol. The summed E-state index contributed by atoms with van der Waals surface area (Å²) >= 11 is 0. The molecule has 1 aliphatic heterocycles. The van der Waals surface area contributed by atoms with Crippen molar-refractivity contribution >= 4 is 0 Å². The number of likely N-dealkylation sites (N-methyl/N-ethyl adjacent to an activating group) is 1. The molecule has 1 aliphatic rings. The zero-order chi connectivity index (χ0) is 15.2. The van der Waals surface area contributed by atoms with Crippen LogP contribution in [0.3, 0.4) is 0 Å². The number of likely N-dealkylation sites (tertiary alicyclic amines) is 1. The molecular formula is C16H26N2O3. The van der Waals surface area contributed by atoms with Gasteiger partial charge in [0.05, 0.1) is 21.3 Å². The lowest BCUT2D eigenvalue weighted by Gasteiger charge is -2.25. The number of nitrogens with one attached hydrogen (secondary N) is 1. The van der Waals surface area contributed by atoms with E-state index in [1.807, 2.05) is 19.2 Å². The molecule has 1 N–H and O–H groups in total. The maximum Gasteiger partial charge on any atom is 0.164 e. The molecule has 0 spiro atoms. The average Bonchev–Trinajstić information content (AvgIpc) is 2.94. The predicted molar refractivity (Wildman–Crippen MR) is 83.5 cm³/mol. The van der Waals surface area contributed by atoms with Crippen molar-refractivity contribution in [3.8, 4) is 17.2 Å². The summed E-state index contributed by atoms with van der Waals surface area (Å²) in [6.07, 6.45) is 2.50. The molecule has 0 aromatic heterocycles. The van der Waals surface area contributed by atoms with Crippen molar-refractivity contribution in [3.63, 3.8) is 0 Å². The number of hydrogen-bond donors (Lipinski definition) is 1. The summed E-state index contributed by atoms with van der Waals surface area (Å²) in [6.45, 7) is 3.02. The van der Waals surface area contributed by atoms with E-state index >= 15 is 0 Å². The largest absolute Gasteiger partial charge is 0.496 e. The van der Waals surface area contributed by atoms with Gasteiger partial charge in [0.2, 0.25) is 0 Å². The van der Waals surface area contributed by atoms with E-state index in [9.17, 15) is 0 Å². The molecule has 0 aliphatic carbocycles. The first-order chi connectivity index (χ1) is 10.2. The van der Waals surface area contributed by atoms with Crippen LogP contribution in [0.4, 0.5) is 0 Å². The molecular weight excluding hydrogens is 268 g/mol. The molecule has 5 heteroatoms. The molecule has 0 radical (unpaired) electrons. The molecule has 1 unspecified atom stereocenters. The predicted octanol–water partition coefficient (Wildman–Crippen LogP) is 1.90. The van der Waals surface area contributed by atoms with Gasteiger partial charge in [-0.15, -0.1) is 0 Å². The fourth-order valence-electron chi connectivity index (χ4n) is 3.00. The van der Waals surface area contributed by atoms with Crippen molar-refractivity contribution in [2.24, 2.45) is 0 Å². The molecule has 1 aromatic carbocycles. The Kier molecular flexibility index (Phi) is 5.70. The van der Waals surface area contributed by atoms with Crippen molar-refractivity contribution in [1.82, 2.24) is 10.2 Å². The lowest BCUT2D eigenvalue weighted by atomic mass is 10.1. The van der Waals surface area contributed by atoms with Crippen LogP contribution in [0, 0.1) is 0 Å². The van der Waals surface area contributed by atoms with Gasteiger partial charge in [0, 0.05) is 30.8 Å². The molecule has 1 atom stereocenters. The third-order valence-corrected chi connectivity index (χ3v) is 4.10. The normalized spacial score (nSPS) is 18.8. The molecule has 2 rings (SSSR count). The third-order valence-electron chi connectivity index (χ3n) is 4.10. The van der Waals surface area contributed by atoms with Gasteiger partial charge in [-0.05, 0) is 32.5 Å². The highest BCUT2D eigenvalue weighted by molar-refractivity contribution is 5.50. The van der Waals surface area contributed by atoms with Crippen molar-refractivity contribution in [1.29, 1.82) is 0 Å². The van der Waals surface area contributed by atoms with Gasteiger partial charge in [0.15, 0.2) is 11.5 Å². The van der Waals surface area contributed by atoms with Crippen molar-refractivity contribution in [3.05, 3.63) is 17.7 Å². The average molecular weight is 294 g/mol. The van der Waals surface area contributed by atoms with Crippen molar-refractivity contribution in [2.45, 2.75) is 25.4 Å². The van der Waals surface area contributed by atoms with Crippen LogP contribution in [0.15, 0.2) is 12.1 Å². The van der Waals surface area contributed by atoms with Crippen LogP contribution < -0.4 is 19.5 Å². The minimum Gasteiger partial charge on any atom is -0.496 e. The first-order valence-corrected chi connectivity index (χ1v) is 7.41. The summed E-state index contributed by atoms with van der Waals surface area (Å²) in [5.74, 6) is 2.30. The standard InChI is InChI=1S/C16H26N2O3/c1-17-10-13-6-5-7-18(13)11-12-8-15(20-3)16(21-4)9-14(12)19-2/h8-9,13,17H,5-7,10-11H2,1-4H3. The van der Waals surface area contributed by atoms with Gasteiger partial charge < -0.3 is 19.5 Å². The SMILES string of the molecule is CNCC1CCCN1Cc1cc(OC)c(OC)cc1OC. The summed E-state index contributed by atoms with van der Waals surface area (Å²) in [4.78, 5) is 2.50. The van der Waals surface area contributed by atoms with Crippen LogP contribution in [0.2, 0.25) is 0 Å². The summed E-state index contributed by atoms with van der Waals surface area (Å²) in [5, 5.41) is 3.28. The van der Waals surface area contributed by atoms with Gasteiger partial charge in [0.25, 0.3) is 0 Å². The van der Waals surface area contributed by atoms with Gasteiger partial charge >= 0.3 is 0 Å². The third kappa shape index (κ3) is 3.60. The Labute approximate surface area is 127 Å². The first-order valence-electron chi connectivity index (χ1n) is 7.41. The Balaban J connectivity index is 2.22. The number of rotatable bonds is 7. The van der Waals surface area contributed by atoms with Crippen LogP contribution in [-0.4, -0.2) is 52.4 Å². The number of ether oxygens (including phenoxy) is 3. The van der Waals surface area contributed by atoms with E-state index in [-0.39, 0.29) is 0 Å². The fraction of sp³-hybridized carbons (Fsp3) is 0.625. The van der Waals surface area contributed by atoms with E-state index in [0.29, 0.717) is 11.8 Å². The maximum absolute atomic E-state index is 5.51. The van der Waals surface area contributed by atoms with Crippen LogP contribution in [0.1, 0.15) is 18.4 Å². The summed E-state index contributed by atoms with van der Waals surface area (Å²) in [6, 6.07) is 4.51. The number of hydrogen-bond acceptors (Lipinski definition) is 5. The van der Waals surface area contributed by atoms with E-state index in [4.69, 9.17) is 14.2 Å². The molecule has 118 valence electrons. The van der Waals surface area contributed by atoms with Crippen molar-refractivity contribution < 1.29 is 14.2 Å². The van der Waals surface area contributed by atoms with Crippen LogP contribution in [0.25, 0.3) is 0 Å². The Hall–Kier alpha value is -1.46. The van der Waals surface area contributed by atoms with E-state index < -0.39 is 0 Å². The topological polar surface area (TPSA) is 43.0 Å². The second-order valence-corrected chi connectivity index (χ2v) is 5.34. The maximum atomic E-state index is 5.51. The number of methoxy groups -OCH3 is 3. The van der Waals surface area contributed by atoms with E-state index in [1.54, 1.807) is 21.3 Å². The Morgan fingerprint density at radius 2 is 1.76 bits per heavy atom. The van der Waals surface area contributed by atoms with Crippen LogP contribution >= 0.6 is 0 Å². The smallest absolute Gasteiger partial charge is 0.164 e. The Bertz CT molecular complexity index is 465. The zero-order valence-corrected chi connectivity index (χ0v) is 13.4. The molecule has 1 heterocycles. The number of benzene rings is 1. The second-order valence-electron chi connectivity index (χ2n) is 5.34. The second kappa shape index (κ2) is 7.52. The van der Waals surface area contributed by atoms with Crippen LogP contribution in [-0.2, 0) is 6.54 Å². The minimum absolute atomic E-state index is 0.591. The first kappa shape index (κ1) is 15.9. The molecule has 0 bridgehead atoms. The van der Waals surface area contributed by atoms with Gasteiger partial charge in [-0.25, -0.2) is 0 Å². The lowest BCUT2D eigenvalue weighted by molar-refractivity contribution is 0.238. The minimum atomic E-state index is 0.591. The fourth-order valence-corrected chi connectivity index (χ4v) is 3.00. The molecule has 0 saturated carbocycles. The molecule has 5 nitrogen and oxygen atoms in total. The van der Waals surface area contributed by atoms with Crippen LogP contribution in [0.5, 0.6) is 17.2 Å². The highest BCUT2D eigenvalue weighted by Gasteiger charge is 2.25.